The minimum absolute atomic E-state index is 0.140. The average Bonchev–Trinajstić information content (AvgIpc) is 3.42. The van der Waals surface area contributed by atoms with Crippen LogP contribution in [0.15, 0.2) is 60.0 Å². The lowest BCUT2D eigenvalue weighted by Gasteiger charge is -2.33. The molecule has 5 rings (SSSR count). The molecule has 0 spiro atoms. The molecule has 0 fully saturated rings. The quantitative estimate of drug-likeness (QED) is 0.493. The van der Waals surface area contributed by atoms with Crippen molar-refractivity contribution in [2.75, 3.05) is 6.54 Å². The molecule has 0 bridgehead atoms. The summed E-state index contributed by atoms with van der Waals surface area (Å²) in [5.41, 5.74) is 2.31. The summed E-state index contributed by atoms with van der Waals surface area (Å²) in [6, 6.07) is 15.4. The van der Waals surface area contributed by atoms with Crippen LogP contribution in [0.2, 0.25) is 0 Å². The number of nitrogens with zero attached hydrogens (tertiary/aromatic N) is 5. The predicted molar refractivity (Wildman–Crippen MR) is 112 cm³/mol. The second-order valence-electron chi connectivity index (χ2n) is 7.12. The fourth-order valence-electron chi connectivity index (χ4n) is 3.70. The number of aromatic nitrogens is 4. The molecule has 2 aromatic carbocycles. The molecule has 0 saturated heterocycles. The van der Waals surface area contributed by atoms with E-state index in [2.05, 4.69) is 10.2 Å². The summed E-state index contributed by atoms with van der Waals surface area (Å²) < 4.78 is 15.2. The summed E-state index contributed by atoms with van der Waals surface area (Å²) in [4.78, 5) is 19.4. The number of hydrogen-bond acceptors (Lipinski definition) is 5. The van der Waals surface area contributed by atoms with Gasteiger partial charge in [0, 0.05) is 29.6 Å². The van der Waals surface area contributed by atoms with Crippen LogP contribution in [-0.4, -0.2) is 37.1 Å². The first kappa shape index (κ1) is 18.6. The van der Waals surface area contributed by atoms with Crippen molar-refractivity contribution >= 4 is 17.2 Å². The highest BCUT2D eigenvalue weighted by atomic mass is 32.1. The Balaban J connectivity index is 1.42. The molecule has 4 aromatic rings. The van der Waals surface area contributed by atoms with E-state index in [9.17, 15) is 9.18 Å². The molecule has 0 saturated carbocycles. The smallest absolute Gasteiger partial charge is 0.254 e. The van der Waals surface area contributed by atoms with Crippen LogP contribution in [0, 0.1) is 5.82 Å². The Labute approximate surface area is 176 Å². The Kier molecular flexibility index (Phi) is 4.63. The number of carbonyl (C=O) groups excluding carboxylic acids is 1. The van der Waals surface area contributed by atoms with E-state index in [0.717, 1.165) is 22.1 Å². The first-order valence-corrected chi connectivity index (χ1v) is 10.5. The third kappa shape index (κ3) is 3.19. The largest absolute Gasteiger partial charge is 0.327 e. The molecule has 150 valence electrons. The van der Waals surface area contributed by atoms with E-state index < -0.39 is 0 Å². The normalized spacial score (nSPS) is 15.8. The Hall–Kier alpha value is -3.39. The zero-order chi connectivity index (χ0) is 20.7. The standard InChI is InChI=1S/C22H18FN5OS/c1-14-19-25-26-20(18-13-30-21(24-18)15-5-3-2-4-6-15)28(19)12-11-27(14)22(29)16-7-9-17(23)10-8-16/h2-10,13-14H,11-12H2,1H3/t14-/m0/s1. The summed E-state index contributed by atoms with van der Waals surface area (Å²) in [7, 11) is 0. The molecule has 30 heavy (non-hydrogen) atoms. The number of thiazole rings is 1. The van der Waals surface area contributed by atoms with Gasteiger partial charge < -0.3 is 9.47 Å². The molecule has 8 heteroatoms. The van der Waals surface area contributed by atoms with Gasteiger partial charge in [-0.05, 0) is 31.2 Å². The summed E-state index contributed by atoms with van der Waals surface area (Å²) >= 11 is 1.57. The summed E-state index contributed by atoms with van der Waals surface area (Å²) in [5.74, 6) is 0.934. The van der Waals surface area contributed by atoms with Crippen LogP contribution in [-0.2, 0) is 6.54 Å². The van der Waals surface area contributed by atoms with Gasteiger partial charge in [-0.2, -0.15) is 0 Å². The number of fused-ring (bicyclic) bond motifs is 1. The van der Waals surface area contributed by atoms with Crippen molar-refractivity contribution in [2.45, 2.75) is 19.5 Å². The summed E-state index contributed by atoms with van der Waals surface area (Å²) in [6.45, 7) is 3.03. The van der Waals surface area contributed by atoms with Crippen LogP contribution >= 0.6 is 11.3 Å². The number of rotatable bonds is 3. The van der Waals surface area contributed by atoms with E-state index >= 15 is 0 Å². The van der Waals surface area contributed by atoms with Gasteiger partial charge in [0.25, 0.3) is 5.91 Å². The number of benzene rings is 2. The molecule has 1 amide bonds. The maximum atomic E-state index is 13.2. The lowest BCUT2D eigenvalue weighted by molar-refractivity contribution is 0.0638. The zero-order valence-corrected chi connectivity index (χ0v) is 17.0. The number of amides is 1. The van der Waals surface area contributed by atoms with E-state index in [4.69, 9.17) is 4.98 Å². The Morgan fingerprint density at radius 3 is 2.60 bits per heavy atom. The van der Waals surface area contributed by atoms with Crippen molar-refractivity contribution in [2.24, 2.45) is 0 Å². The molecule has 2 aromatic heterocycles. The van der Waals surface area contributed by atoms with E-state index in [1.807, 2.05) is 47.2 Å². The van der Waals surface area contributed by atoms with Gasteiger partial charge in [0.1, 0.15) is 16.5 Å². The first-order chi connectivity index (χ1) is 14.6. The Morgan fingerprint density at radius 1 is 1.07 bits per heavy atom. The second-order valence-corrected chi connectivity index (χ2v) is 7.98. The van der Waals surface area contributed by atoms with Crippen molar-refractivity contribution in [3.05, 3.63) is 77.2 Å². The monoisotopic (exact) mass is 419 g/mol. The fraction of sp³-hybridized carbons (Fsp3) is 0.182. The van der Waals surface area contributed by atoms with Crippen molar-refractivity contribution in [3.63, 3.8) is 0 Å². The molecule has 0 N–H and O–H groups in total. The minimum atomic E-state index is -0.360. The second kappa shape index (κ2) is 7.46. The average molecular weight is 419 g/mol. The van der Waals surface area contributed by atoms with Crippen molar-refractivity contribution < 1.29 is 9.18 Å². The molecule has 0 aliphatic carbocycles. The topological polar surface area (TPSA) is 63.9 Å². The summed E-state index contributed by atoms with van der Waals surface area (Å²) in [5, 5.41) is 11.7. The van der Waals surface area contributed by atoms with Crippen LogP contribution in [0.4, 0.5) is 4.39 Å². The van der Waals surface area contributed by atoms with Crippen molar-refractivity contribution in [1.29, 1.82) is 0 Å². The van der Waals surface area contributed by atoms with Crippen LogP contribution in [0.1, 0.15) is 29.1 Å². The first-order valence-electron chi connectivity index (χ1n) is 9.63. The van der Waals surface area contributed by atoms with E-state index in [0.29, 0.717) is 24.5 Å². The molecule has 1 atom stereocenters. The maximum Gasteiger partial charge on any atom is 0.254 e. The third-order valence-corrected chi connectivity index (χ3v) is 6.18. The highest BCUT2D eigenvalue weighted by Gasteiger charge is 2.32. The fourth-order valence-corrected chi connectivity index (χ4v) is 4.50. The molecule has 0 radical (unpaired) electrons. The van der Waals surface area contributed by atoms with E-state index in [-0.39, 0.29) is 17.8 Å². The highest BCUT2D eigenvalue weighted by Crippen LogP contribution is 2.32. The zero-order valence-electron chi connectivity index (χ0n) is 16.2. The summed E-state index contributed by atoms with van der Waals surface area (Å²) in [6.07, 6.45) is 0. The van der Waals surface area contributed by atoms with Gasteiger partial charge in [-0.3, -0.25) is 4.79 Å². The molecule has 6 nitrogen and oxygen atoms in total. The molecular weight excluding hydrogens is 401 g/mol. The number of halogens is 1. The number of carbonyl (C=O) groups is 1. The predicted octanol–water partition coefficient (Wildman–Crippen LogP) is 4.42. The highest BCUT2D eigenvalue weighted by molar-refractivity contribution is 7.13. The molecule has 3 heterocycles. The molecule has 1 aliphatic heterocycles. The van der Waals surface area contributed by atoms with Crippen molar-refractivity contribution in [1.82, 2.24) is 24.6 Å². The lowest BCUT2D eigenvalue weighted by Crippen LogP contribution is -2.41. The van der Waals surface area contributed by atoms with Gasteiger partial charge in [-0.15, -0.1) is 21.5 Å². The van der Waals surface area contributed by atoms with Crippen LogP contribution in [0.3, 0.4) is 0 Å². The van der Waals surface area contributed by atoms with Gasteiger partial charge in [-0.25, -0.2) is 9.37 Å². The van der Waals surface area contributed by atoms with Crippen LogP contribution < -0.4 is 0 Å². The molecule has 0 unspecified atom stereocenters. The number of hydrogen-bond donors (Lipinski definition) is 0. The minimum Gasteiger partial charge on any atom is -0.327 e. The Morgan fingerprint density at radius 2 is 1.83 bits per heavy atom. The van der Waals surface area contributed by atoms with Gasteiger partial charge in [0.05, 0.1) is 6.04 Å². The SMILES string of the molecule is C[C@H]1c2nnc(-c3csc(-c4ccccc4)n3)n2CCN1C(=O)c1ccc(F)cc1. The molecular formula is C22H18FN5OS. The molecule has 1 aliphatic rings. The third-order valence-electron chi connectivity index (χ3n) is 5.29. The van der Waals surface area contributed by atoms with Crippen LogP contribution in [0.5, 0.6) is 0 Å². The maximum absolute atomic E-state index is 13.2. The Bertz CT molecular complexity index is 1200. The van der Waals surface area contributed by atoms with Crippen LogP contribution in [0.25, 0.3) is 22.1 Å². The van der Waals surface area contributed by atoms with Gasteiger partial charge in [0.2, 0.25) is 0 Å². The lowest BCUT2D eigenvalue weighted by atomic mass is 10.1. The van der Waals surface area contributed by atoms with E-state index in [1.165, 1.54) is 24.3 Å². The van der Waals surface area contributed by atoms with E-state index in [1.54, 1.807) is 16.2 Å². The van der Waals surface area contributed by atoms with Gasteiger partial charge in [0.15, 0.2) is 11.6 Å². The van der Waals surface area contributed by atoms with Gasteiger partial charge in [-0.1, -0.05) is 30.3 Å². The van der Waals surface area contributed by atoms with Gasteiger partial charge >= 0.3 is 0 Å². The van der Waals surface area contributed by atoms with Crippen molar-refractivity contribution in [3.8, 4) is 22.1 Å².